The summed E-state index contributed by atoms with van der Waals surface area (Å²) in [6.45, 7) is 5.38. The van der Waals surface area contributed by atoms with Crippen molar-refractivity contribution in [2.75, 3.05) is 13.2 Å². The van der Waals surface area contributed by atoms with Crippen LogP contribution in [0.15, 0.2) is 15.8 Å². The van der Waals surface area contributed by atoms with Gasteiger partial charge in [0.15, 0.2) is 12.5 Å². The molecule has 9 nitrogen and oxygen atoms in total. The number of hydrogen-bond donors (Lipinski definition) is 2. The van der Waals surface area contributed by atoms with Gasteiger partial charge >= 0.3 is 11.7 Å². The van der Waals surface area contributed by atoms with Crippen molar-refractivity contribution < 1.29 is 19.0 Å². The Kier molecular flexibility index (Phi) is 5.92. The lowest BCUT2D eigenvalue weighted by molar-refractivity contribution is -0.161. The number of rotatable bonds is 6. The van der Waals surface area contributed by atoms with Gasteiger partial charge in [-0.15, -0.1) is 0 Å². The smallest absolute Gasteiger partial charge is 0.330 e. The number of esters is 1. The largest absolute Gasteiger partial charge is 0.459 e. The second-order valence-corrected chi connectivity index (χ2v) is 5.87. The summed E-state index contributed by atoms with van der Waals surface area (Å²) in [4.78, 5) is 37.2. The number of hydrogen-bond acceptors (Lipinski definition) is 7. The molecule has 9 heteroatoms. The Bertz CT molecular complexity index is 697. The van der Waals surface area contributed by atoms with Crippen LogP contribution in [0.2, 0.25) is 0 Å². The van der Waals surface area contributed by atoms with Gasteiger partial charge in [-0.25, -0.2) is 4.79 Å². The summed E-state index contributed by atoms with van der Waals surface area (Å²) in [5, 5.41) is 0. The molecule has 2 rings (SSSR count). The lowest BCUT2D eigenvalue weighted by Crippen LogP contribution is -2.39. The van der Waals surface area contributed by atoms with Crippen molar-refractivity contribution in [2.24, 2.45) is 11.7 Å². The topological polar surface area (TPSA) is 126 Å². The SMILES string of the molecule is CC[C@@H](C)[C@@H](N)C(=O)OCC1OCC(n2cc(C)c(=O)[nH]c2=O)O1. The number of carbonyl (C=O) groups excluding carboxylic acids is 1. The second-order valence-electron chi connectivity index (χ2n) is 5.87. The first-order chi connectivity index (χ1) is 11.3. The fourth-order valence-electron chi connectivity index (χ4n) is 2.21. The molecule has 0 amide bonds. The van der Waals surface area contributed by atoms with Crippen LogP contribution in [-0.2, 0) is 19.0 Å². The number of aromatic amines is 1. The van der Waals surface area contributed by atoms with E-state index in [0.717, 1.165) is 6.42 Å². The molecule has 0 saturated carbocycles. The van der Waals surface area contributed by atoms with Crippen molar-refractivity contribution in [3.63, 3.8) is 0 Å². The maximum absolute atomic E-state index is 11.8. The summed E-state index contributed by atoms with van der Waals surface area (Å²) >= 11 is 0. The molecule has 0 radical (unpaired) electrons. The van der Waals surface area contributed by atoms with Crippen LogP contribution in [0.3, 0.4) is 0 Å². The first kappa shape index (κ1) is 18.4. The molecule has 0 aromatic carbocycles. The quantitative estimate of drug-likeness (QED) is 0.676. The van der Waals surface area contributed by atoms with Crippen molar-refractivity contribution in [1.29, 1.82) is 0 Å². The fraction of sp³-hybridized carbons (Fsp3) is 0.667. The minimum atomic E-state index is -0.790. The van der Waals surface area contributed by atoms with E-state index in [1.54, 1.807) is 6.92 Å². The van der Waals surface area contributed by atoms with Crippen molar-refractivity contribution in [2.45, 2.75) is 45.8 Å². The lowest BCUT2D eigenvalue weighted by atomic mass is 10.0. The van der Waals surface area contributed by atoms with Gasteiger partial charge in [0.1, 0.15) is 12.6 Å². The van der Waals surface area contributed by atoms with Crippen LogP contribution in [0.1, 0.15) is 32.1 Å². The first-order valence-electron chi connectivity index (χ1n) is 7.84. The summed E-state index contributed by atoms with van der Waals surface area (Å²) in [5.41, 5.74) is 5.14. The third-order valence-corrected chi connectivity index (χ3v) is 4.08. The van der Waals surface area contributed by atoms with Crippen LogP contribution < -0.4 is 17.0 Å². The third kappa shape index (κ3) is 4.11. The van der Waals surface area contributed by atoms with E-state index in [9.17, 15) is 14.4 Å². The molecular formula is C15H23N3O6. The van der Waals surface area contributed by atoms with Gasteiger partial charge < -0.3 is 19.9 Å². The molecule has 3 N–H and O–H groups in total. The number of ether oxygens (including phenoxy) is 3. The predicted molar refractivity (Wildman–Crippen MR) is 84.3 cm³/mol. The Morgan fingerprint density at radius 1 is 1.54 bits per heavy atom. The number of carbonyl (C=O) groups is 1. The van der Waals surface area contributed by atoms with E-state index in [1.165, 1.54) is 10.8 Å². The number of nitrogens with two attached hydrogens (primary N) is 1. The molecule has 0 aliphatic carbocycles. The highest BCUT2D eigenvalue weighted by molar-refractivity contribution is 5.75. The van der Waals surface area contributed by atoms with E-state index in [-0.39, 0.29) is 19.1 Å². The predicted octanol–water partition coefficient (Wildman–Crippen LogP) is -0.367. The Balaban J connectivity index is 1.92. The highest BCUT2D eigenvalue weighted by atomic mass is 16.7. The fourth-order valence-corrected chi connectivity index (χ4v) is 2.21. The standard InChI is InChI=1S/C15H23N3O6/c1-4-8(2)12(16)14(20)23-7-11-22-6-10(24-11)18-5-9(3)13(19)17-15(18)21/h5,8,10-12H,4,6-7,16H2,1-3H3,(H,17,19,21)/t8-,10?,11?,12-/m1/s1. The molecule has 4 atom stereocenters. The van der Waals surface area contributed by atoms with Crippen LogP contribution >= 0.6 is 0 Å². The minimum absolute atomic E-state index is 0.0124. The number of H-pyrrole nitrogens is 1. The average molecular weight is 341 g/mol. The van der Waals surface area contributed by atoms with Gasteiger partial charge in [0.25, 0.3) is 5.56 Å². The number of aryl methyl sites for hydroxylation is 1. The van der Waals surface area contributed by atoms with Gasteiger partial charge in [0, 0.05) is 11.8 Å². The molecule has 0 spiro atoms. The van der Waals surface area contributed by atoms with Crippen LogP contribution in [0.4, 0.5) is 0 Å². The number of nitrogens with zero attached hydrogens (tertiary/aromatic N) is 1. The molecular weight excluding hydrogens is 318 g/mol. The van der Waals surface area contributed by atoms with E-state index in [1.807, 2.05) is 13.8 Å². The highest BCUT2D eigenvalue weighted by Crippen LogP contribution is 2.20. The molecule has 134 valence electrons. The van der Waals surface area contributed by atoms with Crippen molar-refractivity contribution in [3.05, 3.63) is 32.6 Å². The molecule has 1 aliphatic heterocycles. The maximum Gasteiger partial charge on any atom is 0.330 e. The summed E-state index contributed by atoms with van der Waals surface area (Å²) in [5.74, 6) is -0.504. The summed E-state index contributed by atoms with van der Waals surface area (Å²) in [6, 6.07) is -0.698. The van der Waals surface area contributed by atoms with Crippen molar-refractivity contribution in [1.82, 2.24) is 9.55 Å². The van der Waals surface area contributed by atoms with Crippen LogP contribution in [0, 0.1) is 12.8 Å². The molecule has 1 saturated heterocycles. The number of nitrogens with one attached hydrogen (secondary N) is 1. The molecule has 0 bridgehead atoms. The van der Waals surface area contributed by atoms with Crippen LogP contribution in [0.5, 0.6) is 0 Å². The number of aromatic nitrogens is 2. The van der Waals surface area contributed by atoms with Crippen LogP contribution in [-0.4, -0.2) is 41.1 Å². The maximum atomic E-state index is 11.8. The van der Waals surface area contributed by atoms with E-state index in [4.69, 9.17) is 19.9 Å². The summed E-state index contributed by atoms with van der Waals surface area (Å²) in [7, 11) is 0. The van der Waals surface area contributed by atoms with Gasteiger partial charge in [-0.3, -0.25) is 19.1 Å². The molecule has 1 fully saturated rings. The van der Waals surface area contributed by atoms with Crippen molar-refractivity contribution >= 4 is 5.97 Å². The summed E-state index contributed by atoms with van der Waals surface area (Å²) in [6.07, 6.45) is 0.688. The zero-order chi connectivity index (χ0) is 17.9. The first-order valence-corrected chi connectivity index (χ1v) is 7.84. The third-order valence-electron chi connectivity index (χ3n) is 4.08. The Labute approximate surface area is 138 Å². The van der Waals surface area contributed by atoms with E-state index < -0.39 is 35.8 Å². The van der Waals surface area contributed by atoms with E-state index >= 15 is 0 Å². The normalized spacial score (nSPS) is 23.0. The minimum Gasteiger partial charge on any atom is -0.459 e. The van der Waals surface area contributed by atoms with Gasteiger partial charge in [0.05, 0.1) is 6.61 Å². The zero-order valence-electron chi connectivity index (χ0n) is 14.0. The Morgan fingerprint density at radius 3 is 2.92 bits per heavy atom. The molecule has 2 heterocycles. The average Bonchev–Trinajstić information content (AvgIpc) is 3.03. The van der Waals surface area contributed by atoms with Gasteiger partial charge in [-0.05, 0) is 12.8 Å². The zero-order valence-corrected chi connectivity index (χ0v) is 14.0. The van der Waals surface area contributed by atoms with E-state index in [0.29, 0.717) is 5.56 Å². The van der Waals surface area contributed by atoms with Crippen LogP contribution in [0.25, 0.3) is 0 Å². The Morgan fingerprint density at radius 2 is 2.25 bits per heavy atom. The van der Waals surface area contributed by atoms with Gasteiger partial charge in [-0.1, -0.05) is 20.3 Å². The molecule has 2 unspecified atom stereocenters. The molecule has 24 heavy (non-hydrogen) atoms. The summed E-state index contributed by atoms with van der Waals surface area (Å²) < 4.78 is 17.3. The van der Waals surface area contributed by atoms with Crippen molar-refractivity contribution in [3.8, 4) is 0 Å². The highest BCUT2D eigenvalue weighted by Gasteiger charge is 2.30. The molecule has 1 aromatic heterocycles. The Hall–Kier alpha value is -1.97. The monoisotopic (exact) mass is 341 g/mol. The second kappa shape index (κ2) is 7.73. The van der Waals surface area contributed by atoms with E-state index in [2.05, 4.69) is 4.98 Å². The molecule has 1 aromatic rings. The van der Waals surface area contributed by atoms with Gasteiger partial charge in [0.2, 0.25) is 0 Å². The van der Waals surface area contributed by atoms with Gasteiger partial charge in [-0.2, -0.15) is 0 Å². The lowest BCUT2D eigenvalue weighted by Gasteiger charge is -2.18. The molecule has 1 aliphatic rings.